The van der Waals surface area contributed by atoms with Crippen molar-refractivity contribution in [1.29, 1.82) is 0 Å². The van der Waals surface area contributed by atoms with Crippen LogP contribution in [0.25, 0.3) is 0 Å². The van der Waals surface area contributed by atoms with Gasteiger partial charge in [0, 0.05) is 30.7 Å². The molecule has 3 aliphatic heterocycles. The van der Waals surface area contributed by atoms with Crippen molar-refractivity contribution in [1.82, 2.24) is 9.80 Å². The quantitative estimate of drug-likeness (QED) is 0.682. The van der Waals surface area contributed by atoms with Crippen LogP contribution >= 0.6 is 11.3 Å². The van der Waals surface area contributed by atoms with Crippen molar-refractivity contribution in [2.75, 3.05) is 25.0 Å². The summed E-state index contributed by atoms with van der Waals surface area (Å²) < 4.78 is 0. The van der Waals surface area contributed by atoms with Crippen LogP contribution in [0.2, 0.25) is 0 Å². The smallest absolute Gasteiger partial charge is 0.264 e. The molecule has 0 unspecified atom stereocenters. The molecule has 3 fully saturated rings. The topological polar surface area (TPSA) is 52.7 Å². The van der Waals surface area contributed by atoms with Gasteiger partial charge < -0.3 is 10.2 Å². The Kier molecular flexibility index (Phi) is 6.60. The number of carbonyl (C=O) groups excluding carboxylic acids is 2. The van der Waals surface area contributed by atoms with Crippen LogP contribution in [-0.2, 0) is 4.79 Å². The van der Waals surface area contributed by atoms with Gasteiger partial charge in [-0.1, -0.05) is 24.3 Å². The van der Waals surface area contributed by atoms with Crippen molar-refractivity contribution >= 4 is 28.8 Å². The molecular formula is C26H33N3O2S. The molecule has 0 spiro atoms. The molecule has 0 radical (unpaired) electrons. The molecule has 5 rings (SSSR count). The summed E-state index contributed by atoms with van der Waals surface area (Å²) in [6.45, 7) is 3.29. The summed E-state index contributed by atoms with van der Waals surface area (Å²) in [5.41, 5.74) is 0.845. The predicted octanol–water partition coefficient (Wildman–Crippen LogP) is 4.87. The molecule has 3 saturated heterocycles. The van der Waals surface area contributed by atoms with Gasteiger partial charge in [0.1, 0.15) is 0 Å². The number of hydrogen-bond acceptors (Lipinski definition) is 4. The molecule has 2 amide bonds. The number of para-hydroxylation sites is 1. The van der Waals surface area contributed by atoms with E-state index >= 15 is 0 Å². The van der Waals surface area contributed by atoms with Crippen molar-refractivity contribution in [2.45, 2.75) is 57.0 Å². The van der Waals surface area contributed by atoms with E-state index in [2.05, 4.69) is 15.1 Å². The predicted molar refractivity (Wildman–Crippen MR) is 129 cm³/mol. The summed E-state index contributed by atoms with van der Waals surface area (Å²) in [5.74, 6) is 1.38. The Bertz CT molecular complexity index is 914. The van der Waals surface area contributed by atoms with E-state index in [4.69, 9.17) is 0 Å². The van der Waals surface area contributed by atoms with E-state index in [0.29, 0.717) is 24.3 Å². The van der Waals surface area contributed by atoms with Gasteiger partial charge >= 0.3 is 0 Å². The van der Waals surface area contributed by atoms with Crippen LogP contribution in [0.4, 0.5) is 5.69 Å². The van der Waals surface area contributed by atoms with E-state index in [1.165, 1.54) is 38.8 Å². The van der Waals surface area contributed by atoms with E-state index in [1.807, 2.05) is 47.8 Å². The maximum atomic E-state index is 13.5. The fourth-order valence-electron chi connectivity index (χ4n) is 6.36. The monoisotopic (exact) mass is 451 g/mol. The van der Waals surface area contributed by atoms with E-state index < -0.39 is 0 Å². The fraction of sp³-hybridized carbons (Fsp3) is 0.538. The number of nitrogens with zero attached hydrogens (tertiary/aromatic N) is 2. The van der Waals surface area contributed by atoms with Gasteiger partial charge in [0.05, 0.1) is 4.88 Å². The van der Waals surface area contributed by atoms with Crippen molar-refractivity contribution in [3.05, 3.63) is 52.7 Å². The van der Waals surface area contributed by atoms with Crippen LogP contribution in [0.15, 0.2) is 47.8 Å². The number of piperidine rings is 3. The third-order valence-corrected chi connectivity index (χ3v) is 8.48. The van der Waals surface area contributed by atoms with Crippen molar-refractivity contribution in [3.8, 4) is 0 Å². The minimum absolute atomic E-state index is 0.0592. The Hall–Kier alpha value is -2.18. The molecule has 2 aromatic rings. The van der Waals surface area contributed by atoms with Gasteiger partial charge in [0.2, 0.25) is 5.91 Å². The van der Waals surface area contributed by atoms with Crippen LogP contribution in [-0.4, -0.2) is 53.3 Å². The number of likely N-dealkylation sites (tertiary alicyclic amines) is 1. The summed E-state index contributed by atoms with van der Waals surface area (Å²) in [6, 6.07) is 14.4. The Balaban J connectivity index is 1.29. The van der Waals surface area contributed by atoms with E-state index in [1.54, 1.807) is 11.3 Å². The highest BCUT2D eigenvalue weighted by Crippen LogP contribution is 2.43. The van der Waals surface area contributed by atoms with E-state index in [9.17, 15) is 9.59 Å². The van der Waals surface area contributed by atoms with Crippen LogP contribution in [0.1, 0.15) is 54.6 Å². The molecule has 0 saturated carbocycles. The second-order valence-corrected chi connectivity index (χ2v) is 10.5. The molecule has 1 N–H and O–H groups in total. The molecule has 5 nitrogen and oxygen atoms in total. The zero-order valence-corrected chi connectivity index (χ0v) is 19.4. The molecule has 1 aromatic heterocycles. The average molecular weight is 452 g/mol. The van der Waals surface area contributed by atoms with Crippen LogP contribution in [0.5, 0.6) is 0 Å². The lowest BCUT2D eigenvalue weighted by molar-refractivity contribution is -0.116. The lowest BCUT2D eigenvalue weighted by Crippen LogP contribution is -2.65. The van der Waals surface area contributed by atoms with Gasteiger partial charge in [-0.3, -0.25) is 14.5 Å². The van der Waals surface area contributed by atoms with Crippen molar-refractivity contribution < 1.29 is 9.59 Å². The number of carbonyl (C=O) groups is 2. The molecule has 1 aromatic carbocycles. The first kappa shape index (κ1) is 21.7. The lowest BCUT2D eigenvalue weighted by atomic mass is 9.69. The minimum Gasteiger partial charge on any atom is -0.334 e. The molecule has 4 heterocycles. The number of hydrogen-bond donors (Lipinski definition) is 1. The highest BCUT2D eigenvalue weighted by molar-refractivity contribution is 7.12. The molecule has 4 atom stereocenters. The summed E-state index contributed by atoms with van der Waals surface area (Å²) in [4.78, 5) is 31.7. The van der Waals surface area contributed by atoms with Gasteiger partial charge in [-0.25, -0.2) is 0 Å². The standard InChI is InChI=1S/C26H33N3O2S/c30-24(27-20-9-2-1-3-10-20)14-4-12-22-21-11-6-16-28-15-5-8-19(25(21)28)18-29(22)26(31)23-13-7-17-32-23/h1-3,7,9-10,13,17,19,21-22,25H,4-6,8,11-12,14-16,18H2,(H,27,30)/t19-,21+,22+,25-/m0/s1. The lowest BCUT2D eigenvalue weighted by Gasteiger charge is -2.57. The van der Waals surface area contributed by atoms with Gasteiger partial charge in [-0.2, -0.15) is 0 Å². The first-order chi connectivity index (χ1) is 15.7. The number of nitrogens with one attached hydrogen (secondary N) is 1. The molecule has 170 valence electrons. The SMILES string of the molecule is O=C(CCC[C@@H]1[C@H]2CCCN3CCC[C@@H](CN1C(=O)c1cccs1)[C@@H]23)Nc1ccccc1. The Morgan fingerprint density at radius 3 is 2.62 bits per heavy atom. The molecular weight excluding hydrogens is 418 g/mol. The molecule has 32 heavy (non-hydrogen) atoms. The van der Waals surface area contributed by atoms with Crippen molar-refractivity contribution in [3.63, 3.8) is 0 Å². The largest absolute Gasteiger partial charge is 0.334 e. The first-order valence-electron chi connectivity index (χ1n) is 12.1. The van der Waals surface area contributed by atoms with E-state index in [0.717, 1.165) is 30.0 Å². The van der Waals surface area contributed by atoms with E-state index in [-0.39, 0.29) is 17.9 Å². The maximum Gasteiger partial charge on any atom is 0.264 e. The second-order valence-electron chi connectivity index (χ2n) is 9.54. The number of anilines is 1. The normalized spacial score (nSPS) is 27.6. The molecule has 6 heteroatoms. The minimum atomic E-state index is 0.0592. The summed E-state index contributed by atoms with van der Waals surface area (Å²) in [6.07, 6.45) is 7.12. The second kappa shape index (κ2) is 9.75. The molecule has 0 aliphatic carbocycles. The van der Waals surface area contributed by atoms with Gasteiger partial charge in [-0.05, 0) is 87.0 Å². The maximum absolute atomic E-state index is 13.5. The Morgan fingerprint density at radius 1 is 1.03 bits per heavy atom. The summed E-state index contributed by atoms with van der Waals surface area (Å²) >= 11 is 1.54. The third kappa shape index (κ3) is 4.48. The number of thiophene rings is 1. The molecule has 0 bridgehead atoms. The summed E-state index contributed by atoms with van der Waals surface area (Å²) in [7, 11) is 0. The number of amides is 2. The van der Waals surface area contributed by atoms with Crippen LogP contribution < -0.4 is 5.32 Å². The molecule has 3 aliphatic rings. The van der Waals surface area contributed by atoms with Gasteiger partial charge in [0.15, 0.2) is 0 Å². The Labute approximate surface area is 194 Å². The fourth-order valence-corrected chi connectivity index (χ4v) is 7.04. The van der Waals surface area contributed by atoms with Gasteiger partial charge in [-0.15, -0.1) is 11.3 Å². The van der Waals surface area contributed by atoms with Gasteiger partial charge in [0.25, 0.3) is 5.91 Å². The zero-order chi connectivity index (χ0) is 21.9. The highest BCUT2D eigenvalue weighted by Gasteiger charge is 2.49. The average Bonchev–Trinajstić information content (AvgIpc) is 3.36. The third-order valence-electron chi connectivity index (χ3n) is 7.63. The number of rotatable bonds is 6. The summed E-state index contributed by atoms with van der Waals surface area (Å²) in [5, 5.41) is 4.99. The number of benzene rings is 1. The Morgan fingerprint density at radius 2 is 1.84 bits per heavy atom. The van der Waals surface area contributed by atoms with Crippen LogP contribution in [0.3, 0.4) is 0 Å². The van der Waals surface area contributed by atoms with Crippen LogP contribution in [0, 0.1) is 11.8 Å². The van der Waals surface area contributed by atoms with Crippen molar-refractivity contribution in [2.24, 2.45) is 11.8 Å². The highest BCUT2D eigenvalue weighted by atomic mass is 32.1. The first-order valence-corrected chi connectivity index (χ1v) is 13.0. The zero-order valence-electron chi connectivity index (χ0n) is 18.6.